The van der Waals surface area contributed by atoms with E-state index in [-0.39, 0.29) is 5.41 Å². The molecular weight excluding hydrogens is 400 g/mol. The summed E-state index contributed by atoms with van der Waals surface area (Å²) < 4.78 is 0. The smallest absolute Gasteiger partial charge is 0.138 e. The van der Waals surface area contributed by atoms with E-state index in [1.807, 2.05) is 0 Å². The van der Waals surface area contributed by atoms with Crippen LogP contribution in [0.15, 0.2) is 12.2 Å². The second kappa shape index (κ2) is 8.51. The molecule has 0 saturated heterocycles. The van der Waals surface area contributed by atoms with Crippen molar-refractivity contribution in [3.05, 3.63) is 12.2 Å². The number of carbonyl (C=O) groups is 1. The van der Waals surface area contributed by atoms with Crippen LogP contribution in [0, 0.1) is 57.2 Å². The number of ketones is 1. The molecule has 0 aromatic rings. The summed E-state index contributed by atoms with van der Waals surface area (Å²) in [5.41, 5.74) is 2.67. The average molecular weight is 455 g/mol. The number of carbonyl (C=O) groups excluding carboxylic acids is 1. The van der Waals surface area contributed by atoms with Gasteiger partial charge in [0.05, 0.1) is 0 Å². The second-order valence-corrected chi connectivity index (χ2v) is 14.4. The van der Waals surface area contributed by atoms with E-state index >= 15 is 0 Å². The lowest BCUT2D eigenvalue weighted by Crippen LogP contribution is -2.62. The zero-order valence-electron chi connectivity index (χ0n) is 23.4. The predicted molar refractivity (Wildman–Crippen MR) is 141 cm³/mol. The van der Waals surface area contributed by atoms with E-state index in [9.17, 15) is 4.79 Å². The first kappa shape index (κ1) is 25.5. The predicted octanol–water partition coefficient (Wildman–Crippen LogP) is 9.26. The van der Waals surface area contributed by atoms with Crippen molar-refractivity contribution in [1.29, 1.82) is 0 Å². The number of Topliss-reactive ketones (excluding diaryl/α,β-unsaturated/α-hetero) is 1. The van der Waals surface area contributed by atoms with Gasteiger partial charge in [-0.15, -0.1) is 0 Å². The van der Waals surface area contributed by atoms with Crippen molar-refractivity contribution in [3.8, 4) is 0 Å². The van der Waals surface area contributed by atoms with Crippen LogP contribution < -0.4 is 0 Å². The summed E-state index contributed by atoms with van der Waals surface area (Å²) >= 11 is 0. The Labute approximate surface area is 206 Å². The van der Waals surface area contributed by atoms with Gasteiger partial charge < -0.3 is 0 Å². The quantitative estimate of drug-likeness (QED) is 0.365. The summed E-state index contributed by atoms with van der Waals surface area (Å²) in [6.45, 7) is 23.8. The second-order valence-electron chi connectivity index (χ2n) is 14.4. The van der Waals surface area contributed by atoms with Crippen LogP contribution in [0.4, 0.5) is 0 Å². The van der Waals surface area contributed by atoms with E-state index in [0.29, 0.717) is 33.9 Å². The van der Waals surface area contributed by atoms with Gasteiger partial charge in [-0.05, 0) is 123 Å². The molecule has 9 atom stereocenters. The minimum Gasteiger partial charge on any atom is -0.299 e. The molecule has 4 fully saturated rings. The molecule has 1 nitrogen and oxygen atoms in total. The molecule has 4 saturated carbocycles. The normalized spacial score (nSPS) is 46.1. The van der Waals surface area contributed by atoms with Gasteiger partial charge >= 0.3 is 0 Å². The third-order valence-corrected chi connectivity index (χ3v) is 13.2. The molecular formula is C32H54O. The molecule has 0 spiro atoms. The van der Waals surface area contributed by atoms with Gasteiger partial charge in [-0.25, -0.2) is 0 Å². The molecule has 0 radical (unpaired) electrons. The fourth-order valence-corrected chi connectivity index (χ4v) is 10.6. The molecule has 1 heteroatoms. The summed E-state index contributed by atoms with van der Waals surface area (Å²) in [5.74, 6) is 5.11. The van der Waals surface area contributed by atoms with Gasteiger partial charge in [0.2, 0.25) is 0 Å². The van der Waals surface area contributed by atoms with Crippen LogP contribution in [0.1, 0.15) is 126 Å². The molecule has 0 aromatic carbocycles. The van der Waals surface area contributed by atoms with E-state index in [0.717, 1.165) is 30.1 Å². The first-order valence-corrected chi connectivity index (χ1v) is 14.5. The van der Waals surface area contributed by atoms with Crippen molar-refractivity contribution in [1.82, 2.24) is 0 Å². The van der Waals surface area contributed by atoms with Crippen LogP contribution in [-0.2, 0) is 4.79 Å². The first-order chi connectivity index (χ1) is 15.3. The number of hydrogen-bond acceptors (Lipinski definition) is 1. The van der Waals surface area contributed by atoms with Crippen LogP contribution in [0.25, 0.3) is 0 Å². The minimum absolute atomic E-state index is 0.107. The summed E-state index contributed by atoms with van der Waals surface area (Å²) in [7, 11) is 0. The van der Waals surface area contributed by atoms with Crippen LogP contribution >= 0.6 is 0 Å². The Morgan fingerprint density at radius 1 is 0.939 bits per heavy atom. The summed E-state index contributed by atoms with van der Waals surface area (Å²) in [6, 6.07) is 0. The number of rotatable bonds is 6. The molecule has 4 rings (SSSR count). The maximum Gasteiger partial charge on any atom is 0.138 e. The van der Waals surface area contributed by atoms with E-state index < -0.39 is 0 Å². The highest BCUT2D eigenvalue weighted by Crippen LogP contribution is 2.76. The number of fused-ring (bicyclic) bond motifs is 5. The standard InChI is InChI=1S/C32H54O/c1-10-32-20-19-30(8)24(23(5)12-11-22(4)21(2)3)17-18-31(30,9)27(32)15-13-25-26(32)14-16-28(33)29(25,6)7/h22-27H,2,10-20H2,1,3-9H3. The molecule has 0 aromatic heterocycles. The van der Waals surface area contributed by atoms with Gasteiger partial charge in [0.25, 0.3) is 0 Å². The van der Waals surface area contributed by atoms with Gasteiger partial charge in [-0.2, -0.15) is 0 Å². The monoisotopic (exact) mass is 454 g/mol. The Balaban J connectivity index is 1.61. The van der Waals surface area contributed by atoms with Gasteiger partial charge in [-0.3, -0.25) is 4.79 Å². The highest BCUT2D eigenvalue weighted by molar-refractivity contribution is 5.85. The largest absolute Gasteiger partial charge is 0.299 e. The van der Waals surface area contributed by atoms with Crippen molar-refractivity contribution in [2.75, 3.05) is 0 Å². The lowest BCUT2D eigenvalue weighted by atomic mass is 9.36. The molecule has 0 bridgehead atoms. The van der Waals surface area contributed by atoms with Crippen LogP contribution in [-0.4, -0.2) is 5.78 Å². The first-order valence-electron chi connectivity index (χ1n) is 14.5. The highest BCUT2D eigenvalue weighted by atomic mass is 16.1. The maximum absolute atomic E-state index is 12.9. The summed E-state index contributed by atoms with van der Waals surface area (Å²) in [6.07, 6.45) is 14.3. The maximum atomic E-state index is 12.9. The Hall–Kier alpha value is -0.590. The van der Waals surface area contributed by atoms with Gasteiger partial charge in [-0.1, -0.05) is 60.6 Å². The van der Waals surface area contributed by atoms with E-state index in [2.05, 4.69) is 62.0 Å². The zero-order valence-corrected chi connectivity index (χ0v) is 23.4. The van der Waals surface area contributed by atoms with Crippen LogP contribution in [0.3, 0.4) is 0 Å². The van der Waals surface area contributed by atoms with Gasteiger partial charge in [0.1, 0.15) is 5.78 Å². The van der Waals surface area contributed by atoms with Gasteiger partial charge in [0, 0.05) is 11.8 Å². The van der Waals surface area contributed by atoms with Gasteiger partial charge in [0.15, 0.2) is 0 Å². The van der Waals surface area contributed by atoms with E-state index in [4.69, 9.17) is 0 Å². The molecule has 33 heavy (non-hydrogen) atoms. The molecule has 0 aliphatic heterocycles. The molecule has 4 aliphatic rings. The highest BCUT2D eigenvalue weighted by Gasteiger charge is 2.69. The minimum atomic E-state index is -0.107. The fraction of sp³-hybridized carbons (Fsp3) is 0.906. The third kappa shape index (κ3) is 3.56. The van der Waals surface area contributed by atoms with Crippen molar-refractivity contribution < 1.29 is 4.79 Å². The van der Waals surface area contributed by atoms with Crippen molar-refractivity contribution in [2.45, 2.75) is 126 Å². The summed E-state index contributed by atoms with van der Waals surface area (Å²) in [4.78, 5) is 12.9. The molecule has 188 valence electrons. The zero-order chi connectivity index (χ0) is 24.4. The average Bonchev–Trinajstić information content (AvgIpc) is 3.05. The van der Waals surface area contributed by atoms with Crippen LogP contribution in [0.2, 0.25) is 0 Å². The Morgan fingerprint density at radius 3 is 2.27 bits per heavy atom. The lowest BCUT2D eigenvalue weighted by Gasteiger charge is -2.68. The van der Waals surface area contributed by atoms with Crippen molar-refractivity contribution >= 4 is 5.78 Å². The van der Waals surface area contributed by atoms with Crippen LogP contribution in [0.5, 0.6) is 0 Å². The Morgan fingerprint density at radius 2 is 1.64 bits per heavy atom. The molecule has 9 unspecified atom stereocenters. The van der Waals surface area contributed by atoms with E-state index in [1.54, 1.807) is 0 Å². The third-order valence-electron chi connectivity index (χ3n) is 13.2. The SMILES string of the molecule is C=C(C)C(C)CCC(C)C1CCC2(C)C3CCC4C(CCC(=O)C4(C)C)C3(CC)CCC12C. The molecule has 0 N–H and O–H groups in total. The van der Waals surface area contributed by atoms with E-state index in [1.165, 1.54) is 69.8 Å². The summed E-state index contributed by atoms with van der Waals surface area (Å²) in [5, 5.41) is 0. The lowest BCUT2D eigenvalue weighted by molar-refractivity contribution is -0.197. The molecule has 0 amide bonds. The Bertz CT molecular complexity index is 777. The molecule has 4 aliphatic carbocycles. The molecule has 0 heterocycles. The Kier molecular flexibility index (Phi) is 6.58. The number of hydrogen-bond donors (Lipinski definition) is 0. The topological polar surface area (TPSA) is 17.1 Å². The van der Waals surface area contributed by atoms with Crippen molar-refractivity contribution in [2.24, 2.45) is 57.2 Å². The van der Waals surface area contributed by atoms with Crippen molar-refractivity contribution in [3.63, 3.8) is 0 Å². The number of allylic oxidation sites excluding steroid dienone is 1. The fourth-order valence-electron chi connectivity index (χ4n) is 10.6.